The number of likely N-dealkylation sites (N-methyl/N-ethyl adjacent to an activating group) is 1. The number of carbonyl (C=O) groups is 2. The molecule has 1 amide bonds. The van der Waals surface area contributed by atoms with Crippen LogP contribution in [0.1, 0.15) is 15.9 Å². The van der Waals surface area contributed by atoms with Gasteiger partial charge in [0.15, 0.2) is 0 Å². The molecule has 0 aliphatic rings. The molecule has 5 nitrogen and oxygen atoms in total. The number of alkyl halides is 3. The number of rotatable bonds is 7. The minimum absolute atomic E-state index is 0.0140. The van der Waals surface area contributed by atoms with E-state index in [0.29, 0.717) is 11.1 Å². The van der Waals surface area contributed by atoms with Gasteiger partial charge in [0.05, 0.1) is 6.54 Å². The van der Waals surface area contributed by atoms with Gasteiger partial charge in [0, 0.05) is 25.2 Å². The Balaban J connectivity index is 2.39. The first kappa shape index (κ1) is 19.7. The van der Waals surface area contributed by atoms with Gasteiger partial charge in [-0.25, -0.2) is 4.79 Å². The summed E-state index contributed by atoms with van der Waals surface area (Å²) in [5, 5.41) is 2.49. The van der Waals surface area contributed by atoms with Crippen LogP contribution in [0.4, 0.5) is 13.2 Å². The summed E-state index contributed by atoms with van der Waals surface area (Å²) < 4.78 is 41.2. The molecular formula is C16H19F3N2O3. The predicted molar refractivity (Wildman–Crippen MR) is 83.4 cm³/mol. The second-order valence-electron chi connectivity index (χ2n) is 5.05. The summed E-state index contributed by atoms with van der Waals surface area (Å²) in [6.07, 6.45) is -1.60. The molecule has 0 aliphatic heterocycles. The molecule has 0 heterocycles. The zero-order chi connectivity index (χ0) is 18.2. The molecule has 0 unspecified atom stereocenters. The van der Waals surface area contributed by atoms with Crippen LogP contribution >= 0.6 is 0 Å². The minimum Gasteiger partial charge on any atom is -0.461 e. The highest BCUT2D eigenvalue weighted by Gasteiger charge is 2.28. The van der Waals surface area contributed by atoms with Gasteiger partial charge in [-0.3, -0.25) is 9.69 Å². The summed E-state index contributed by atoms with van der Waals surface area (Å²) in [6.45, 7) is -1.21. The van der Waals surface area contributed by atoms with Gasteiger partial charge in [-0.15, -0.1) is 0 Å². The van der Waals surface area contributed by atoms with E-state index in [1.54, 1.807) is 24.3 Å². The van der Waals surface area contributed by atoms with Crippen LogP contribution in [0.25, 0.3) is 6.08 Å². The Morgan fingerprint density at radius 1 is 1.25 bits per heavy atom. The van der Waals surface area contributed by atoms with Crippen molar-refractivity contribution >= 4 is 18.0 Å². The summed E-state index contributed by atoms with van der Waals surface area (Å²) in [4.78, 5) is 23.9. The molecule has 0 saturated carbocycles. The van der Waals surface area contributed by atoms with Crippen molar-refractivity contribution in [2.75, 3.05) is 33.8 Å². The summed E-state index contributed by atoms with van der Waals surface area (Å²) in [5.41, 5.74) is 1.18. The van der Waals surface area contributed by atoms with Gasteiger partial charge in [-0.1, -0.05) is 12.1 Å². The third kappa shape index (κ3) is 7.77. The first-order valence-electron chi connectivity index (χ1n) is 7.13. The molecule has 0 atom stereocenters. The molecule has 0 aliphatic carbocycles. The topological polar surface area (TPSA) is 58.6 Å². The number of esters is 1. The smallest absolute Gasteiger partial charge is 0.401 e. The molecule has 1 N–H and O–H groups in total. The van der Waals surface area contributed by atoms with Crippen molar-refractivity contribution < 1.29 is 27.5 Å². The Labute approximate surface area is 138 Å². The van der Waals surface area contributed by atoms with Crippen LogP contribution < -0.4 is 5.32 Å². The average molecular weight is 344 g/mol. The second-order valence-corrected chi connectivity index (χ2v) is 5.05. The zero-order valence-electron chi connectivity index (χ0n) is 13.4. The Bertz CT molecular complexity index is 583. The number of nitrogens with one attached hydrogen (secondary N) is 1. The summed E-state index contributed by atoms with van der Waals surface area (Å²) >= 11 is 0. The van der Waals surface area contributed by atoms with Gasteiger partial charge < -0.3 is 10.1 Å². The monoisotopic (exact) mass is 344 g/mol. The van der Waals surface area contributed by atoms with Crippen LogP contribution in [0.3, 0.4) is 0 Å². The molecule has 24 heavy (non-hydrogen) atoms. The predicted octanol–water partition coefficient (Wildman–Crippen LogP) is 2.10. The van der Waals surface area contributed by atoms with Crippen LogP contribution in [-0.4, -0.2) is 56.7 Å². The fraction of sp³-hybridized carbons (Fsp3) is 0.375. The normalized spacial score (nSPS) is 11.8. The molecule has 1 aromatic carbocycles. The second kappa shape index (κ2) is 9.07. The lowest BCUT2D eigenvalue weighted by molar-refractivity contribution is -0.146. The van der Waals surface area contributed by atoms with E-state index in [1.165, 1.54) is 26.2 Å². The van der Waals surface area contributed by atoms with E-state index >= 15 is 0 Å². The van der Waals surface area contributed by atoms with Crippen LogP contribution in [0.2, 0.25) is 0 Å². The lowest BCUT2D eigenvalue weighted by Gasteiger charge is -2.17. The first-order valence-corrected chi connectivity index (χ1v) is 7.13. The summed E-state index contributed by atoms with van der Waals surface area (Å²) in [5.74, 6) is -0.862. The van der Waals surface area contributed by atoms with E-state index in [-0.39, 0.29) is 19.1 Å². The molecule has 0 aromatic heterocycles. The van der Waals surface area contributed by atoms with Crippen molar-refractivity contribution in [3.63, 3.8) is 0 Å². The largest absolute Gasteiger partial charge is 0.461 e. The molecule has 8 heteroatoms. The standard InChI is InChI=1S/C16H19F3N2O3/c1-20-15(23)13-6-3-12(4-7-13)5-8-14(22)24-10-9-21(2)11-16(17,18)19/h3-8H,9-11H2,1-2H3,(H,20,23)/b8-5-. The lowest BCUT2D eigenvalue weighted by Crippen LogP contribution is -2.33. The highest BCUT2D eigenvalue weighted by molar-refractivity contribution is 5.94. The molecule has 1 rings (SSSR count). The number of amides is 1. The maximum atomic E-state index is 12.1. The quantitative estimate of drug-likeness (QED) is 0.608. The number of carbonyl (C=O) groups excluding carboxylic acids is 2. The van der Waals surface area contributed by atoms with Gasteiger partial charge in [-0.2, -0.15) is 13.2 Å². The van der Waals surface area contributed by atoms with Crippen LogP contribution in [-0.2, 0) is 9.53 Å². The maximum absolute atomic E-state index is 12.1. The molecule has 132 valence electrons. The number of nitrogens with zero attached hydrogens (tertiary/aromatic N) is 1. The number of halogens is 3. The van der Waals surface area contributed by atoms with E-state index in [0.717, 1.165) is 4.90 Å². The van der Waals surface area contributed by atoms with E-state index in [2.05, 4.69) is 5.32 Å². The van der Waals surface area contributed by atoms with Crippen molar-refractivity contribution in [3.8, 4) is 0 Å². The third-order valence-corrected chi connectivity index (χ3v) is 2.98. The molecule has 0 fully saturated rings. The van der Waals surface area contributed by atoms with Crippen molar-refractivity contribution in [1.29, 1.82) is 0 Å². The van der Waals surface area contributed by atoms with Gasteiger partial charge in [0.1, 0.15) is 6.61 Å². The molecule has 1 aromatic rings. The van der Waals surface area contributed by atoms with E-state index < -0.39 is 18.7 Å². The number of hydrogen-bond acceptors (Lipinski definition) is 4. The number of hydrogen-bond donors (Lipinski definition) is 1. The minimum atomic E-state index is -4.28. The fourth-order valence-electron chi connectivity index (χ4n) is 1.79. The van der Waals surface area contributed by atoms with Crippen molar-refractivity contribution in [1.82, 2.24) is 10.2 Å². The highest BCUT2D eigenvalue weighted by atomic mass is 19.4. The molecule has 0 radical (unpaired) electrons. The lowest BCUT2D eigenvalue weighted by atomic mass is 10.1. The van der Waals surface area contributed by atoms with Crippen molar-refractivity contribution in [2.24, 2.45) is 0 Å². The van der Waals surface area contributed by atoms with Crippen LogP contribution in [0.5, 0.6) is 0 Å². The summed E-state index contributed by atoms with van der Waals surface area (Å²) in [7, 11) is 2.82. The third-order valence-electron chi connectivity index (χ3n) is 2.98. The Morgan fingerprint density at radius 2 is 1.88 bits per heavy atom. The Morgan fingerprint density at radius 3 is 2.42 bits per heavy atom. The SMILES string of the molecule is CNC(=O)c1ccc(/C=C\C(=O)OCCN(C)CC(F)(F)F)cc1. The average Bonchev–Trinajstić information content (AvgIpc) is 2.51. The highest BCUT2D eigenvalue weighted by Crippen LogP contribution is 2.15. The van der Waals surface area contributed by atoms with Crippen LogP contribution in [0, 0.1) is 0 Å². The van der Waals surface area contributed by atoms with Gasteiger partial charge in [0.25, 0.3) is 5.91 Å². The Hall–Kier alpha value is -2.35. The molecule has 0 spiro atoms. The zero-order valence-corrected chi connectivity index (χ0v) is 13.4. The molecular weight excluding hydrogens is 325 g/mol. The van der Waals surface area contributed by atoms with Crippen molar-refractivity contribution in [3.05, 3.63) is 41.5 Å². The van der Waals surface area contributed by atoms with Gasteiger partial charge in [-0.05, 0) is 30.8 Å². The molecule has 0 bridgehead atoms. The van der Waals surface area contributed by atoms with Crippen molar-refractivity contribution in [2.45, 2.75) is 6.18 Å². The van der Waals surface area contributed by atoms with Gasteiger partial charge in [0.2, 0.25) is 0 Å². The summed E-state index contributed by atoms with van der Waals surface area (Å²) in [6, 6.07) is 6.53. The maximum Gasteiger partial charge on any atom is 0.401 e. The van der Waals surface area contributed by atoms with Crippen LogP contribution in [0.15, 0.2) is 30.3 Å². The Kier molecular flexibility index (Phi) is 7.44. The number of benzene rings is 1. The fourth-order valence-corrected chi connectivity index (χ4v) is 1.79. The molecule has 0 saturated heterocycles. The van der Waals surface area contributed by atoms with E-state index in [9.17, 15) is 22.8 Å². The van der Waals surface area contributed by atoms with Gasteiger partial charge >= 0.3 is 12.1 Å². The van der Waals surface area contributed by atoms with E-state index in [1.807, 2.05) is 0 Å². The van der Waals surface area contributed by atoms with E-state index in [4.69, 9.17) is 4.74 Å². The first-order chi connectivity index (χ1) is 11.2. The number of ether oxygens (including phenoxy) is 1.